The van der Waals surface area contributed by atoms with Crippen LogP contribution in [0.3, 0.4) is 0 Å². The van der Waals surface area contributed by atoms with Crippen LogP contribution in [0.4, 0.5) is 5.69 Å². The Hall–Kier alpha value is -1.39. The van der Waals surface area contributed by atoms with Crippen molar-refractivity contribution in [1.29, 1.82) is 0 Å². The number of benzene rings is 1. The lowest BCUT2D eigenvalue weighted by Crippen LogP contribution is -2.35. The summed E-state index contributed by atoms with van der Waals surface area (Å²) in [6, 6.07) is 8.52. The average Bonchev–Trinajstić information content (AvgIpc) is 2.88. The second kappa shape index (κ2) is 6.37. The minimum Gasteiger partial charge on any atom is -0.379 e. The Balaban J connectivity index is 1.77. The first-order chi connectivity index (χ1) is 9.83. The standard InChI is InChI=1S/C16H23N3O/c1-18-8-4-7-16(18)17-15-6-3-2-5-14(15)13-19-9-11-20-12-10-19/h2-3,5-6H,4,7-13H2,1H3. The summed E-state index contributed by atoms with van der Waals surface area (Å²) in [5.74, 6) is 1.22. The van der Waals surface area contributed by atoms with Crippen molar-refractivity contribution in [3.8, 4) is 0 Å². The van der Waals surface area contributed by atoms with Gasteiger partial charge in [-0.3, -0.25) is 4.90 Å². The molecule has 3 rings (SSSR count). The van der Waals surface area contributed by atoms with Crippen molar-refractivity contribution in [2.24, 2.45) is 4.99 Å². The predicted octanol–water partition coefficient (Wildman–Crippen LogP) is 2.27. The summed E-state index contributed by atoms with van der Waals surface area (Å²) < 4.78 is 5.41. The molecule has 0 unspecified atom stereocenters. The van der Waals surface area contributed by atoms with Crippen LogP contribution in [-0.2, 0) is 11.3 Å². The van der Waals surface area contributed by atoms with Crippen LogP contribution in [0.1, 0.15) is 18.4 Å². The Morgan fingerprint density at radius 2 is 1.95 bits per heavy atom. The number of morpholine rings is 1. The van der Waals surface area contributed by atoms with E-state index in [1.807, 2.05) is 0 Å². The van der Waals surface area contributed by atoms with Crippen LogP contribution in [-0.4, -0.2) is 55.5 Å². The van der Waals surface area contributed by atoms with Crippen LogP contribution in [0.25, 0.3) is 0 Å². The normalized spacial score (nSPS) is 22.6. The van der Waals surface area contributed by atoms with Crippen molar-refractivity contribution in [2.75, 3.05) is 39.9 Å². The molecular weight excluding hydrogens is 250 g/mol. The molecule has 1 aromatic rings. The van der Waals surface area contributed by atoms with Crippen molar-refractivity contribution < 1.29 is 4.74 Å². The van der Waals surface area contributed by atoms with Gasteiger partial charge in [0, 0.05) is 39.6 Å². The van der Waals surface area contributed by atoms with E-state index in [1.54, 1.807) is 0 Å². The van der Waals surface area contributed by atoms with Crippen LogP contribution >= 0.6 is 0 Å². The molecule has 108 valence electrons. The third-order valence-electron chi connectivity index (χ3n) is 4.07. The number of nitrogens with zero attached hydrogens (tertiary/aromatic N) is 3. The largest absolute Gasteiger partial charge is 0.379 e. The van der Waals surface area contributed by atoms with E-state index in [0.717, 1.165) is 51.5 Å². The Morgan fingerprint density at radius 3 is 2.70 bits per heavy atom. The summed E-state index contributed by atoms with van der Waals surface area (Å²) >= 11 is 0. The predicted molar refractivity (Wildman–Crippen MR) is 81.5 cm³/mol. The first kappa shape index (κ1) is 13.6. The number of hydrogen-bond donors (Lipinski definition) is 0. The summed E-state index contributed by atoms with van der Waals surface area (Å²) in [6.07, 6.45) is 2.32. The quantitative estimate of drug-likeness (QED) is 0.845. The van der Waals surface area contributed by atoms with Gasteiger partial charge >= 0.3 is 0 Å². The molecule has 0 radical (unpaired) electrons. The van der Waals surface area contributed by atoms with Gasteiger partial charge in [0.15, 0.2) is 0 Å². The highest BCUT2D eigenvalue weighted by molar-refractivity contribution is 5.86. The van der Waals surface area contributed by atoms with Crippen LogP contribution < -0.4 is 0 Å². The second-order valence-electron chi connectivity index (χ2n) is 5.57. The summed E-state index contributed by atoms with van der Waals surface area (Å²) in [6.45, 7) is 5.83. The van der Waals surface area contributed by atoms with Crippen molar-refractivity contribution in [3.63, 3.8) is 0 Å². The van der Waals surface area contributed by atoms with Gasteiger partial charge in [0.25, 0.3) is 0 Å². The Labute approximate surface area is 121 Å². The van der Waals surface area contributed by atoms with E-state index >= 15 is 0 Å². The van der Waals surface area contributed by atoms with Gasteiger partial charge in [-0.2, -0.15) is 0 Å². The number of rotatable bonds is 3. The fourth-order valence-corrected chi connectivity index (χ4v) is 2.83. The first-order valence-electron chi connectivity index (χ1n) is 7.49. The van der Waals surface area contributed by atoms with E-state index in [1.165, 1.54) is 17.8 Å². The van der Waals surface area contributed by atoms with E-state index in [-0.39, 0.29) is 0 Å². The van der Waals surface area contributed by atoms with Gasteiger partial charge in [-0.25, -0.2) is 4.99 Å². The molecule has 0 amide bonds. The number of amidine groups is 1. The summed E-state index contributed by atoms with van der Waals surface area (Å²) in [5, 5.41) is 0. The Bertz CT molecular complexity index is 480. The maximum Gasteiger partial charge on any atom is 0.105 e. The zero-order valence-electron chi connectivity index (χ0n) is 12.2. The zero-order chi connectivity index (χ0) is 13.8. The third-order valence-corrected chi connectivity index (χ3v) is 4.07. The van der Waals surface area contributed by atoms with E-state index in [4.69, 9.17) is 9.73 Å². The lowest BCUT2D eigenvalue weighted by atomic mass is 10.1. The van der Waals surface area contributed by atoms with Gasteiger partial charge in [-0.05, 0) is 18.1 Å². The van der Waals surface area contributed by atoms with Gasteiger partial charge in [0.05, 0.1) is 18.9 Å². The molecule has 0 aromatic heterocycles. The number of aliphatic imine (C=N–C) groups is 1. The van der Waals surface area contributed by atoms with Crippen molar-refractivity contribution in [1.82, 2.24) is 9.80 Å². The van der Waals surface area contributed by atoms with Gasteiger partial charge in [-0.15, -0.1) is 0 Å². The lowest BCUT2D eigenvalue weighted by Gasteiger charge is -2.27. The summed E-state index contributed by atoms with van der Waals surface area (Å²) in [7, 11) is 2.14. The number of hydrogen-bond acceptors (Lipinski definition) is 3. The number of para-hydroxylation sites is 1. The molecule has 0 atom stereocenters. The molecule has 0 aliphatic carbocycles. The SMILES string of the molecule is CN1CCCC1=Nc1ccccc1CN1CCOCC1. The average molecular weight is 273 g/mol. The highest BCUT2D eigenvalue weighted by Crippen LogP contribution is 2.23. The molecule has 2 aliphatic rings. The van der Waals surface area contributed by atoms with E-state index < -0.39 is 0 Å². The minimum absolute atomic E-state index is 0.847. The molecule has 1 aromatic carbocycles. The van der Waals surface area contributed by atoms with Crippen LogP contribution in [0.5, 0.6) is 0 Å². The molecule has 2 fully saturated rings. The fourth-order valence-electron chi connectivity index (χ4n) is 2.83. The highest BCUT2D eigenvalue weighted by atomic mass is 16.5. The first-order valence-corrected chi connectivity index (χ1v) is 7.49. The van der Waals surface area contributed by atoms with Crippen molar-refractivity contribution in [3.05, 3.63) is 29.8 Å². The molecule has 4 heteroatoms. The summed E-state index contributed by atoms with van der Waals surface area (Å²) in [4.78, 5) is 9.60. The van der Waals surface area contributed by atoms with Crippen LogP contribution in [0.15, 0.2) is 29.3 Å². The molecule has 4 nitrogen and oxygen atoms in total. The van der Waals surface area contributed by atoms with Crippen LogP contribution in [0.2, 0.25) is 0 Å². The topological polar surface area (TPSA) is 28.1 Å². The zero-order valence-corrected chi connectivity index (χ0v) is 12.2. The van der Waals surface area contributed by atoms with Gasteiger partial charge in [-0.1, -0.05) is 18.2 Å². The monoisotopic (exact) mass is 273 g/mol. The second-order valence-corrected chi connectivity index (χ2v) is 5.57. The molecule has 0 N–H and O–H groups in total. The Kier molecular flexibility index (Phi) is 4.33. The van der Waals surface area contributed by atoms with Gasteiger partial charge in [0.2, 0.25) is 0 Å². The number of ether oxygens (including phenoxy) is 1. The third kappa shape index (κ3) is 3.19. The summed E-state index contributed by atoms with van der Waals surface area (Å²) in [5.41, 5.74) is 2.45. The molecule has 2 heterocycles. The molecular formula is C16H23N3O. The minimum atomic E-state index is 0.847. The smallest absolute Gasteiger partial charge is 0.105 e. The molecule has 0 saturated carbocycles. The Morgan fingerprint density at radius 1 is 1.15 bits per heavy atom. The molecule has 2 aliphatic heterocycles. The number of likely N-dealkylation sites (tertiary alicyclic amines) is 1. The van der Waals surface area contributed by atoms with Crippen molar-refractivity contribution >= 4 is 11.5 Å². The maximum atomic E-state index is 5.41. The highest BCUT2D eigenvalue weighted by Gasteiger charge is 2.16. The van der Waals surface area contributed by atoms with E-state index in [0.29, 0.717) is 0 Å². The van der Waals surface area contributed by atoms with Crippen LogP contribution in [0, 0.1) is 0 Å². The molecule has 0 spiro atoms. The van der Waals surface area contributed by atoms with Gasteiger partial charge < -0.3 is 9.64 Å². The molecule has 0 bridgehead atoms. The molecule has 2 saturated heterocycles. The molecule has 20 heavy (non-hydrogen) atoms. The van der Waals surface area contributed by atoms with E-state index in [2.05, 4.69) is 41.1 Å². The van der Waals surface area contributed by atoms with E-state index in [9.17, 15) is 0 Å². The maximum absolute atomic E-state index is 5.41. The van der Waals surface area contributed by atoms with Crippen molar-refractivity contribution in [2.45, 2.75) is 19.4 Å². The van der Waals surface area contributed by atoms with Gasteiger partial charge in [0.1, 0.15) is 5.84 Å². The lowest BCUT2D eigenvalue weighted by molar-refractivity contribution is 0.0342. The fraction of sp³-hybridized carbons (Fsp3) is 0.562.